The Labute approximate surface area is 106 Å². The highest BCUT2D eigenvalue weighted by Crippen LogP contribution is 2.16. The average Bonchev–Trinajstić information content (AvgIpc) is 2.35. The molecular weight excluding hydrogens is 232 g/mol. The number of anilines is 1. The Morgan fingerprint density at radius 3 is 2.61 bits per heavy atom. The number of amides is 1. The maximum atomic E-state index is 11.8. The first-order valence-electron chi connectivity index (χ1n) is 5.59. The van der Waals surface area contributed by atoms with Gasteiger partial charge in [0.05, 0.1) is 12.5 Å². The second-order valence-corrected chi connectivity index (χ2v) is 4.68. The molecule has 0 saturated heterocycles. The molecule has 0 radical (unpaired) electrons. The maximum Gasteiger partial charge on any atom is 0.313 e. The van der Waals surface area contributed by atoms with E-state index in [1.165, 1.54) is 7.11 Å². The summed E-state index contributed by atoms with van der Waals surface area (Å²) in [7, 11) is 1.32. The van der Waals surface area contributed by atoms with Gasteiger partial charge in [-0.3, -0.25) is 9.59 Å². The highest BCUT2D eigenvalue weighted by atomic mass is 16.5. The summed E-state index contributed by atoms with van der Waals surface area (Å²) in [4.78, 5) is 23.3. The van der Waals surface area contributed by atoms with E-state index in [2.05, 4.69) is 10.1 Å². The number of methoxy groups -OCH3 is 1. The number of benzene rings is 1. The number of nitrogens with one attached hydrogen (secondary N) is 1. The molecule has 1 aromatic rings. The summed E-state index contributed by atoms with van der Waals surface area (Å²) in [5, 5.41) is 2.69. The molecule has 1 aromatic carbocycles. The number of rotatable bonds is 4. The van der Waals surface area contributed by atoms with Crippen LogP contribution in [-0.2, 0) is 9.53 Å². The van der Waals surface area contributed by atoms with Crippen molar-refractivity contribution in [3.8, 4) is 0 Å². The zero-order valence-corrected chi connectivity index (χ0v) is 10.8. The van der Waals surface area contributed by atoms with Gasteiger partial charge >= 0.3 is 5.97 Å². The summed E-state index contributed by atoms with van der Waals surface area (Å²) >= 11 is 0. The lowest BCUT2D eigenvalue weighted by molar-refractivity contribution is -0.150. The average molecular weight is 250 g/mol. The quantitative estimate of drug-likeness (QED) is 0.621. The molecule has 98 valence electrons. The molecule has 3 N–H and O–H groups in total. The second-order valence-electron chi connectivity index (χ2n) is 4.68. The number of nitrogens with two attached hydrogens (primary N) is 1. The normalized spacial score (nSPS) is 10.8. The third-order valence-electron chi connectivity index (χ3n) is 2.58. The van der Waals surface area contributed by atoms with Crippen molar-refractivity contribution in [1.29, 1.82) is 0 Å². The summed E-state index contributed by atoms with van der Waals surface area (Å²) in [6.45, 7) is 3.62. The lowest BCUT2D eigenvalue weighted by Gasteiger charge is -2.21. The molecule has 0 atom stereocenters. The minimum atomic E-state index is -0.759. The molecule has 0 spiro atoms. The van der Waals surface area contributed by atoms with Crippen LogP contribution in [0.4, 0.5) is 5.69 Å². The van der Waals surface area contributed by atoms with Gasteiger partial charge < -0.3 is 15.8 Å². The molecule has 5 heteroatoms. The van der Waals surface area contributed by atoms with Crippen molar-refractivity contribution in [2.45, 2.75) is 13.8 Å². The first-order chi connectivity index (χ1) is 8.36. The molecule has 0 aliphatic carbocycles. The Morgan fingerprint density at radius 1 is 1.39 bits per heavy atom. The van der Waals surface area contributed by atoms with Crippen LogP contribution in [0.15, 0.2) is 24.3 Å². The highest BCUT2D eigenvalue weighted by molar-refractivity contribution is 5.95. The Kier molecular flexibility index (Phi) is 4.31. The van der Waals surface area contributed by atoms with Crippen LogP contribution in [0.2, 0.25) is 0 Å². The molecule has 0 heterocycles. The maximum absolute atomic E-state index is 11.8. The number of esters is 1. The standard InChI is InChI=1S/C13H18N2O3/c1-13(2,12(17)18-3)8-15-11(16)9-5-4-6-10(14)7-9/h4-7H,8,14H2,1-3H3,(H,15,16). The van der Waals surface area contributed by atoms with E-state index in [-0.39, 0.29) is 18.4 Å². The fraction of sp³-hybridized carbons (Fsp3) is 0.385. The Hall–Kier alpha value is -2.04. The molecule has 1 rings (SSSR count). The van der Waals surface area contributed by atoms with Crippen molar-refractivity contribution in [3.63, 3.8) is 0 Å². The third kappa shape index (κ3) is 3.48. The minimum absolute atomic E-state index is 0.202. The molecule has 0 fully saturated rings. The molecule has 0 saturated carbocycles. The van der Waals surface area contributed by atoms with E-state index in [0.717, 1.165) is 0 Å². The van der Waals surface area contributed by atoms with Crippen LogP contribution in [0.25, 0.3) is 0 Å². The lowest BCUT2D eigenvalue weighted by Crippen LogP contribution is -2.39. The SMILES string of the molecule is COC(=O)C(C)(C)CNC(=O)c1cccc(N)c1. The van der Waals surface area contributed by atoms with Gasteiger partial charge in [-0.05, 0) is 32.0 Å². The van der Waals surface area contributed by atoms with Gasteiger partial charge in [0.2, 0.25) is 0 Å². The van der Waals surface area contributed by atoms with Crippen LogP contribution in [-0.4, -0.2) is 25.5 Å². The Morgan fingerprint density at radius 2 is 2.06 bits per heavy atom. The molecule has 18 heavy (non-hydrogen) atoms. The number of carbonyl (C=O) groups is 2. The van der Waals surface area contributed by atoms with Crippen LogP contribution in [0.1, 0.15) is 24.2 Å². The van der Waals surface area contributed by atoms with E-state index >= 15 is 0 Å². The van der Waals surface area contributed by atoms with E-state index in [1.807, 2.05) is 0 Å². The van der Waals surface area contributed by atoms with Crippen LogP contribution in [0.5, 0.6) is 0 Å². The van der Waals surface area contributed by atoms with Crippen molar-refractivity contribution in [3.05, 3.63) is 29.8 Å². The predicted molar refractivity (Wildman–Crippen MR) is 69.0 cm³/mol. The number of carbonyl (C=O) groups excluding carboxylic acids is 2. The van der Waals surface area contributed by atoms with Gasteiger partial charge in [0.15, 0.2) is 0 Å². The fourth-order valence-corrected chi connectivity index (χ4v) is 1.43. The molecule has 0 aromatic heterocycles. The Bertz CT molecular complexity index is 455. The summed E-state index contributed by atoms with van der Waals surface area (Å²) in [6, 6.07) is 6.65. The van der Waals surface area contributed by atoms with Gasteiger partial charge in [-0.15, -0.1) is 0 Å². The molecule has 0 aliphatic heterocycles. The molecule has 5 nitrogen and oxygen atoms in total. The third-order valence-corrected chi connectivity index (χ3v) is 2.58. The number of ether oxygens (including phenoxy) is 1. The van der Waals surface area contributed by atoms with Crippen LogP contribution >= 0.6 is 0 Å². The summed E-state index contributed by atoms with van der Waals surface area (Å²) in [5.41, 5.74) is 5.83. The number of hydrogen-bond donors (Lipinski definition) is 2. The summed E-state index contributed by atoms with van der Waals surface area (Å²) in [6.07, 6.45) is 0. The number of nitrogen functional groups attached to an aromatic ring is 1. The van der Waals surface area contributed by atoms with E-state index in [0.29, 0.717) is 11.3 Å². The van der Waals surface area contributed by atoms with Crippen molar-refractivity contribution in [1.82, 2.24) is 5.32 Å². The molecule has 0 unspecified atom stereocenters. The first kappa shape index (κ1) is 14.0. The van der Waals surface area contributed by atoms with Gasteiger partial charge in [0.25, 0.3) is 5.91 Å². The monoisotopic (exact) mass is 250 g/mol. The van der Waals surface area contributed by atoms with Gasteiger partial charge in [-0.1, -0.05) is 6.07 Å². The van der Waals surface area contributed by atoms with Crippen molar-refractivity contribution in [2.24, 2.45) is 5.41 Å². The van der Waals surface area contributed by atoms with Crippen LogP contribution in [0.3, 0.4) is 0 Å². The predicted octanol–water partition coefficient (Wildman–Crippen LogP) is 1.20. The minimum Gasteiger partial charge on any atom is -0.469 e. The summed E-state index contributed by atoms with van der Waals surface area (Å²) < 4.78 is 4.66. The summed E-state index contributed by atoms with van der Waals surface area (Å²) in [5.74, 6) is -0.630. The van der Waals surface area contributed by atoms with Gasteiger partial charge in [-0.25, -0.2) is 0 Å². The van der Waals surface area contributed by atoms with Crippen LogP contribution < -0.4 is 11.1 Å². The van der Waals surface area contributed by atoms with Crippen molar-refractivity contribution >= 4 is 17.6 Å². The molecule has 0 bridgehead atoms. The van der Waals surface area contributed by atoms with E-state index < -0.39 is 5.41 Å². The molecular formula is C13H18N2O3. The fourth-order valence-electron chi connectivity index (χ4n) is 1.43. The van der Waals surface area contributed by atoms with Crippen LogP contribution in [0, 0.1) is 5.41 Å². The second kappa shape index (κ2) is 5.53. The Balaban J connectivity index is 2.64. The smallest absolute Gasteiger partial charge is 0.313 e. The zero-order valence-electron chi connectivity index (χ0n) is 10.8. The van der Waals surface area contributed by atoms with E-state index in [1.54, 1.807) is 38.1 Å². The number of hydrogen-bond acceptors (Lipinski definition) is 4. The van der Waals surface area contributed by atoms with Crippen molar-refractivity contribution < 1.29 is 14.3 Å². The molecule has 1 amide bonds. The van der Waals surface area contributed by atoms with Gasteiger partial charge in [-0.2, -0.15) is 0 Å². The lowest BCUT2D eigenvalue weighted by atomic mass is 9.93. The van der Waals surface area contributed by atoms with Gasteiger partial charge in [0, 0.05) is 17.8 Å². The van der Waals surface area contributed by atoms with Gasteiger partial charge in [0.1, 0.15) is 0 Å². The largest absolute Gasteiger partial charge is 0.469 e. The topological polar surface area (TPSA) is 81.4 Å². The molecule has 0 aliphatic rings. The highest BCUT2D eigenvalue weighted by Gasteiger charge is 2.29. The van der Waals surface area contributed by atoms with Crippen molar-refractivity contribution in [2.75, 3.05) is 19.4 Å². The first-order valence-corrected chi connectivity index (χ1v) is 5.59. The van der Waals surface area contributed by atoms with E-state index in [9.17, 15) is 9.59 Å². The van der Waals surface area contributed by atoms with E-state index in [4.69, 9.17) is 5.73 Å². The zero-order chi connectivity index (χ0) is 13.8.